The summed E-state index contributed by atoms with van der Waals surface area (Å²) in [6.07, 6.45) is 2.13. The molecule has 1 saturated heterocycles. The van der Waals surface area contributed by atoms with E-state index >= 15 is 0 Å². The molecule has 1 fully saturated rings. The van der Waals surface area contributed by atoms with E-state index in [1.807, 2.05) is 6.92 Å². The molecule has 1 aliphatic rings. The topological polar surface area (TPSA) is 18.5 Å². The van der Waals surface area contributed by atoms with Crippen LogP contribution in [0.2, 0.25) is 6.32 Å². The van der Waals surface area contributed by atoms with Gasteiger partial charge in [-0.25, -0.2) is 0 Å². The predicted octanol–water partition coefficient (Wildman–Crippen LogP) is 0.191. The molecule has 0 aromatic carbocycles. The Kier molecular flexibility index (Phi) is 2.14. The summed E-state index contributed by atoms with van der Waals surface area (Å²) >= 11 is 0. The Hall–Kier alpha value is -0.0151. The third-order valence-electron chi connectivity index (χ3n) is 1.60. The molecule has 0 unspecified atom stereocenters. The van der Waals surface area contributed by atoms with Crippen LogP contribution in [0.4, 0.5) is 0 Å². The summed E-state index contributed by atoms with van der Waals surface area (Å²) in [5.74, 6) is -0.255. The number of hydrogen-bond donors (Lipinski definition) is 0. The lowest BCUT2D eigenvalue weighted by Crippen LogP contribution is -2.24. The monoisotopic (exact) mass is 128 g/mol. The minimum Gasteiger partial charge on any atom is -0.348 e. The van der Waals surface area contributed by atoms with Crippen molar-refractivity contribution in [3.05, 3.63) is 0 Å². The maximum Gasteiger partial charge on any atom is 0.165 e. The Balaban J connectivity index is 2.32. The van der Waals surface area contributed by atoms with E-state index in [4.69, 9.17) is 9.47 Å². The van der Waals surface area contributed by atoms with Crippen molar-refractivity contribution in [3.63, 3.8) is 0 Å². The van der Waals surface area contributed by atoms with Crippen LogP contribution in [0.15, 0.2) is 0 Å². The highest BCUT2D eigenvalue weighted by atomic mass is 16.7. The predicted molar refractivity (Wildman–Crippen MR) is 38.3 cm³/mol. The molecule has 2 nitrogen and oxygen atoms in total. The zero-order chi connectivity index (χ0) is 6.74. The van der Waals surface area contributed by atoms with Gasteiger partial charge in [-0.3, -0.25) is 0 Å². The summed E-state index contributed by atoms with van der Waals surface area (Å²) in [5, 5.41) is 0. The first-order chi connectivity index (χ1) is 4.27. The zero-order valence-electron chi connectivity index (χ0n) is 6.14. The van der Waals surface area contributed by atoms with Gasteiger partial charge in [0.05, 0.1) is 13.2 Å². The van der Waals surface area contributed by atoms with E-state index in [0.29, 0.717) is 0 Å². The number of rotatable bonds is 2. The highest BCUT2D eigenvalue weighted by Crippen LogP contribution is 2.23. The summed E-state index contributed by atoms with van der Waals surface area (Å²) in [4.78, 5) is 0. The Labute approximate surface area is 56.9 Å². The van der Waals surface area contributed by atoms with Crippen LogP contribution in [-0.4, -0.2) is 26.8 Å². The zero-order valence-corrected chi connectivity index (χ0v) is 6.14. The van der Waals surface area contributed by atoms with Crippen molar-refractivity contribution in [2.45, 2.75) is 25.5 Å². The number of ether oxygens (including phenoxy) is 2. The second-order valence-electron chi connectivity index (χ2n) is 2.58. The molecule has 0 saturated carbocycles. The van der Waals surface area contributed by atoms with E-state index in [1.54, 1.807) is 0 Å². The highest BCUT2D eigenvalue weighted by molar-refractivity contribution is 6.08. The van der Waals surface area contributed by atoms with Gasteiger partial charge in [-0.2, -0.15) is 0 Å². The second kappa shape index (κ2) is 2.71. The van der Waals surface area contributed by atoms with Crippen molar-refractivity contribution >= 4 is 7.85 Å². The fraction of sp³-hybridized carbons (Fsp3) is 1.00. The van der Waals surface area contributed by atoms with Gasteiger partial charge in [0.1, 0.15) is 7.85 Å². The fourth-order valence-electron chi connectivity index (χ4n) is 1.16. The molecule has 0 aromatic heterocycles. The molecule has 52 valence electrons. The normalized spacial score (nSPS) is 24.6. The molecule has 1 rings (SSSR count). The molecule has 3 heteroatoms. The largest absolute Gasteiger partial charge is 0.348 e. The van der Waals surface area contributed by atoms with Crippen molar-refractivity contribution < 1.29 is 9.47 Å². The molecule has 1 aliphatic heterocycles. The third-order valence-corrected chi connectivity index (χ3v) is 1.60. The van der Waals surface area contributed by atoms with Crippen LogP contribution in [0.5, 0.6) is 0 Å². The molecule has 0 atom stereocenters. The highest BCUT2D eigenvalue weighted by Gasteiger charge is 2.28. The van der Waals surface area contributed by atoms with Gasteiger partial charge in [0.25, 0.3) is 0 Å². The lowest BCUT2D eigenvalue weighted by Gasteiger charge is -2.20. The van der Waals surface area contributed by atoms with Crippen LogP contribution >= 0.6 is 0 Å². The molecule has 0 aromatic rings. The molecule has 0 amide bonds. The molecular weight excluding hydrogens is 115 g/mol. The summed E-state index contributed by atoms with van der Waals surface area (Å²) in [7, 11) is 2.14. The fourth-order valence-corrected chi connectivity index (χ4v) is 1.16. The van der Waals surface area contributed by atoms with Gasteiger partial charge >= 0.3 is 0 Å². The smallest absolute Gasteiger partial charge is 0.165 e. The van der Waals surface area contributed by atoms with Crippen LogP contribution in [0.25, 0.3) is 0 Å². The molecule has 9 heavy (non-hydrogen) atoms. The van der Waals surface area contributed by atoms with E-state index < -0.39 is 0 Å². The molecule has 1 heterocycles. The van der Waals surface area contributed by atoms with Crippen LogP contribution < -0.4 is 0 Å². The van der Waals surface area contributed by atoms with Crippen LogP contribution in [0.1, 0.15) is 13.3 Å². The lowest BCUT2D eigenvalue weighted by molar-refractivity contribution is -0.143. The first-order valence-corrected chi connectivity index (χ1v) is 3.55. The molecular formula is C6H13BO2. The number of hydrogen-bond acceptors (Lipinski definition) is 2. The Morgan fingerprint density at radius 1 is 1.44 bits per heavy atom. The van der Waals surface area contributed by atoms with Gasteiger partial charge in [0.2, 0.25) is 0 Å². The Morgan fingerprint density at radius 3 is 2.44 bits per heavy atom. The Morgan fingerprint density at radius 2 is 2.00 bits per heavy atom. The van der Waals surface area contributed by atoms with Crippen molar-refractivity contribution in [1.29, 1.82) is 0 Å². The molecule has 0 N–H and O–H groups in total. The maximum absolute atomic E-state index is 5.36. The van der Waals surface area contributed by atoms with Gasteiger partial charge in [0.15, 0.2) is 5.79 Å². The Bertz CT molecular complexity index is 89.1. The minimum atomic E-state index is -0.255. The van der Waals surface area contributed by atoms with Crippen molar-refractivity contribution in [2.75, 3.05) is 13.2 Å². The third kappa shape index (κ3) is 1.70. The van der Waals surface area contributed by atoms with Gasteiger partial charge in [-0.1, -0.05) is 6.32 Å². The molecule has 0 radical (unpaired) electrons. The van der Waals surface area contributed by atoms with Crippen molar-refractivity contribution in [3.8, 4) is 0 Å². The lowest BCUT2D eigenvalue weighted by atomic mass is 9.98. The molecule has 0 spiro atoms. The van der Waals surface area contributed by atoms with Crippen molar-refractivity contribution in [2.24, 2.45) is 0 Å². The maximum atomic E-state index is 5.36. The minimum absolute atomic E-state index is 0.255. The van der Waals surface area contributed by atoms with Gasteiger partial charge < -0.3 is 9.47 Å². The average molecular weight is 128 g/mol. The molecule has 0 aliphatic carbocycles. The van der Waals surface area contributed by atoms with E-state index in [9.17, 15) is 0 Å². The first-order valence-electron chi connectivity index (χ1n) is 3.55. The first kappa shape index (κ1) is 7.10. The summed E-state index contributed by atoms with van der Waals surface area (Å²) < 4.78 is 10.7. The van der Waals surface area contributed by atoms with Crippen LogP contribution in [-0.2, 0) is 9.47 Å². The average Bonchev–Trinajstić information content (AvgIpc) is 2.16. The van der Waals surface area contributed by atoms with E-state index in [1.165, 1.54) is 0 Å². The quantitative estimate of drug-likeness (QED) is 0.494. The van der Waals surface area contributed by atoms with Crippen molar-refractivity contribution in [1.82, 2.24) is 0 Å². The van der Waals surface area contributed by atoms with E-state index in [0.717, 1.165) is 26.0 Å². The molecule has 0 bridgehead atoms. The second-order valence-corrected chi connectivity index (χ2v) is 2.58. The van der Waals surface area contributed by atoms with E-state index in [2.05, 4.69) is 7.85 Å². The van der Waals surface area contributed by atoms with Gasteiger partial charge in [0, 0.05) is 0 Å². The summed E-state index contributed by atoms with van der Waals surface area (Å²) in [6, 6.07) is 0. The van der Waals surface area contributed by atoms with Gasteiger partial charge in [-0.15, -0.1) is 0 Å². The summed E-state index contributed by atoms with van der Waals surface area (Å²) in [5.41, 5.74) is 0. The van der Waals surface area contributed by atoms with Gasteiger partial charge in [-0.05, 0) is 13.3 Å². The van der Waals surface area contributed by atoms with Crippen LogP contribution in [0.3, 0.4) is 0 Å². The van der Waals surface area contributed by atoms with E-state index in [-0.39, 0.29) is 5.79 Å². The standard InChI is InChI=1S/C6H13BO2/c1-6(2-3-7)8-4-5-9-6/h2-5,7H2,1H3. The SMILES string of the molecule is BCCC1(C)OCCO1. The summed E-state index contributed by atoms with van der Waals surface area (Å²) in [6.45, 7) is 3.52. The van der Waals surface area contributed by atoms with Crippen LogP contribution in [0, 0.1) is 0 Å².